The van der Waals surface area contributed by atoms with Crippen molar-refractivity contribution < 1.29 is 22.3 Å². The minimum absolute atomic E-state index is 0.0168. The standard InChI is InChI=1S/C12H15F4NO/c13-11-3-1-10(2-4-11)5-6-17-7-8-18-9-12(14,15)16/h1-4,17H,5-9H2. The number of nitrogens with one attached hydrogen (secondary N) is 1. The van der Waals surface area contributed by atoms with Gasteiger partial charge < -0.3 is 10.1 Å². The fourth-order valence-electron chi connectivity index (χ4n) is 1.34. The molecule has 0 aliphatic carbocycles. The average Bonchev–Trinajstić information content (AvgIpc) is 2.29. The van der Waals surface area contributed by atoms with Gasteiger partial charge in [-0.05, 0) is 30.7 Å². The molecule has 1 rings (SSSR count). The summed E-state index contributed by atoms with van der Waals surface area (Å²) in [5.41, 5.74) is 0.972. The molecule has 18 heavy (non-hydrogen) atoms. The van der Waals surface area contributed by atoms with Crippen LogP contribution in [0.1, 0.15) is 5.56 Å². The van der Waals surface area contributed by atoms with E-state index in [2.05, 4.69) is 10.1 Å². The van der Waals surface area contributed by atoms with Crippen molar-refractivity contribution in [2.24, 2.45) is 0 Å². The third-order valence-electron chi connectivity index (χ3n) is 2.19. The highest BCUT2D eigenvalue weighted by molar-refractivity contribution is 5.16. The largest absolute Gasteiger partial charge is 0.411 e. The van der Waals surface area contributed by atoms with Gasteiger partial charge in [0.1, 0.15) is 12.4 Å². The van der Waals surface area contributed by atoms with Crippen LogP contribution in [0, 0.1) is 5.82 Å². The molecule has 0 spiro atoms. The third-order valence-corrected chi connectivity index (χ3v) is 2.19. The van der Waals surface area contributed by atoms with E-state index in [9.17, 15) is 17.6 Å². The van der Waals surface area contributed by atoms with E-state index in [1.165, 1.54) is 12.1 Å². The Balaban J connectivity index is 2.00. The summed E-state index contributed by atoms with van der Waals surface area (Å²) >= 11 is 0. The van der Waals surface area contributed by atoms with E-state index in [0.717, 1.165) is 5.56 Å². The maximum atomic E-state index is 12.6. The van der Waals surface area contributed by atoms with Gasteiger partial charge in [-0.15, -0.1) is 0 Å². The van der Waals surface area contributed by atoms with Crippen molar-refractivity contribution in [1.29, 1.82) is 0 Å². The summed E-state index contributed by atoms with van der Waals surface area (Å²) < 4.78 is 52.1. The predicted molar refractivity (Wildman–Crippen MR) is 59.8 cm³/mol. The van der Waals surface area contributed by atoms with E-state index in [4.69, 9.17) is 0 Å². The van der Waals surface area contributed by atoms with Crippen LogP contribution in [-0.4, -0.2) is 32.5 Å². The zero-order valence-electron chi connectivity index (χ0n) is 9.77. The molecule has 0 amide bonds. The molecule has 0 unspecified atom stereocenters. The lowest BCUT2D eigenvalue weighted by molar-refractivity contribution is -0.173. The zero-order chi connectivity index (χ0) is 13.4. The molecule has 0 saturated carbocycles. The normalized spacial score (nSPS) is 11.8. The van der Waals surface area contributed by atoms with E-state index >= 15 is 0 Å². The lowest BCUT2D eigenvalue weighted by Gasteiger charge is -2.08. The fourth-order valence-corrected chi connectivity index (χ4v) is 1.34. The Morgan fingerprint density at radius 1 is 1.06 bits per heavy atom. The number of alkyl halides is 3. The summed E-state index contributed by atoms with van der Waals surface area (Å²) in [5.74, 6) is -0.285. The first-order chi connectivity index (χ1) is 8.47. The molecule has 0 fully saturated rings. The average molecular weight is 265 g/mol. The maximum Gasteiger partial charge on any atom is 0.411 e. The van der Waals surface area contributed by atoms with Crippen molar-refractivity contribution in [3.8, 4) is 0 Å². The summed E-state index contributed by atoms with van der Waals surface area (Å²) in [6.45, 7) is -0.228. The fraction of sp³-hybridized carbons (Fsp3) is 0.500. The number of halogens is 4. The molecule has 0 radical (unpaired) electrons. The second kappa shape index (κ2) is 7.33. The van der Waals surface area contributed by atoms with Gasteiger partial charge in [-0.25, -0.2) is 4.39 Å². The molecule has 2 nitrogen and oxygen atoms in total. The van der Waals surface area contributed by atoms with Gasteiger partial charge in [0.05, 0.1) is 6.61 Å². The van der Waals surface area contributed by atoms with Crippen molar-refractivity contribution in [3.63, 3.8) is 0 Å². The van der Waals surface area contributed by atoms with Crippen LogP contribution in [0.25, 0.3) is 0 Å². The van der Waals surface area contributed by atoms with Gasteiger partial charge in [0.15, 0.2) is 0 Å². The number of benzene rings is 1. The number of hydrogen-bond acceptors (Lipinski definition) is 2. The van der Waals surface area contributed by atoms with Crippen molar-refractivity contribution in [2.45, 2.75) is 12.6 Å². The van der Waals surface area contributed by atoms with E-state index in [-0.39, 0.29) is 12.4 Å². The molecule has 1 N–H and O–H groups in total. The van der Waals surface area contributed by atoms with Crippen molar-refractivity contribution in [2.75, 3.05) is 26.3 Å². The molecule has 102 valence electrons. The second-order valence-electron chi connectivity index (χ2n) is 3.79. The zero-order valence-corrected chi connectivity index (χ0v) is 9.77. The lowest BCUT2D eigenvalue weighted by Crippen LogP contribution is -2.25. The molecule has 0 heterocycles. The molecule has 0 saturated heterocycles. The van der Waals surface area contributed by atoms with E-state index < -0.39 is 12.8 Å². The first kappa shape index (κ1) is 14.9. The van der Waals surface area contributed by atoms with E-state index in [1.807, 2.05) is 0 Å². The molecule has 0 bridgehead atoms. The molecule has 1 aromatic rings. The van der Waals surface area contributed by atoms with E-state index in [1.54, 1.807) is 12.1 Å². The SMILES string of the molecule is Fc1ccc(CCNCCOCC(F)(F)F)cc1. The van der Waals surface area contributed by atoms with Gasteiger partial charge in [-0.3, -0.25) is 0 Å². The van der Waals surface area contributed by atoms with Crippen molar-refractivity contribution >= 4 is 0 Å². The number of ether oxygens (including phenoxy) is 1. The number of hydrogen-bond donors (Lipinski definition) is 1. The quantitative estimate of drug-likeness (QED) is 0.604. The Morgan fingerprint density at radius 2 is 1.72 bits per heavy atom. The molecular weight excluding hydrogens is 250 g/mol. The van der Waals surface area contributed by atoms with Crippen LogP contribution in [0.2, 0.25) is 0 Å². The van der Waals surface area contributed by atoms with Crippen LogP contribution in [0.4, 0.5) is 17.6 Å². The van der Waals surface area contributed by atoms with Crippen LogP contribution >= 0.6 is 0 Å². The molecular formula is C12H15F4NO. The molecule has 0 aliphatic heterocycles. The van der Waals surface area contributed by atoms with Gasteiger partial charge in [-0.2, -0.15) is 13.2 Å². The maximum absolute atomic E-state index is 12.6. The Morgan fingerprint density at radius 3 is 2.33 bits per heavy atom. The Bertz CT molecular complexity index is 337. The third kappa shape index (κ3) is 7.24. The Kier molecular flexibility index (Phi) is 6.07. The molecule has 6 heteroatoms. The Labute approximate surface area is 103 Å². The first-order valence-corrected chi connectivity index (χ1v) is 5.57. The molecule has 0 atom stereocenters. The highest BCUT2D eigenvalue weighted by Gasteiger charge is 2.27. The minimum atomic E-state index is -4.27. The highest BCUT2D eigenvalue weighted by atomic mass is 19.4. The van der Waals surface area contributed by atoms with Gasteiger partial charge in [0.2, 0.25) is 0 Å². The van der Waals surface area contributed by atoms with Gasteiger partial charge in [0, 0.05) is 6.54 Å². The Hall–Kier alpha value is -1.14. The monoisotopic (exact) mass is 265 g/mol. The topological polar surface area (TPSA) is 21.3 Å². The summed E-state index contributed by atoms with van der Waals surface area (Å²) in [7, 11) is 0. The summed E-state index contributed by atoms with van der Waals surface area (Å²) in [6.07, 6.45) is -3.58. The van der Waals surface area contributed by atoms with E-state index in [0.29, 0.717) is 19.5 Å². The van der Waals surface area contributed by atoms with Crippen molar-refractivity contribution in [3.05, 3.63) is 35.6 Å². The first-order valence-electron chi connectivity index (χ1n) is 5.57. The van der Waals surface area contributed by atoms with Crippen LogP contribution in [0.3, 0.4) is 0 Å². The molecule has 0 aliphatic rings. The highest BCUT2D eigenvalue weighted by Crippen LogP contribution is 2.13. The number of rotatable bonds is 7. The smallest absolute Gasteiger partial charge is 0.371 e. The van der Waals surface area contributed by atoms with Crippen LogP contribution in [-0.2, 0) is 11.2 Å². The van der Waals surface area contributed by atoms with Crippen LogP contribution in [0.15, 0.2) is 24.3 Å². The minimum Gasteiger partial charge on any atom is -0.371 e. The summed E-state index contributed by atoms with van der Waals surface area (Å²) in [5, 5.41) is 2.95. The predicted octanol–water partition coefficient (Wildman–Crippen LogP) is 2.54. The van der Waals surface area contributed by atoms with Crippen LogP contribution < -0.4 is 5.32 Å². The second-order valence-corrected chi connectivity index (χ2v) is 3.79. The summed E-state index contributed by atoms with van der Waals surface area (Å²) in [6, 6.07) is 6.11. The summed E-state index contributed by atoms with van der Waals surface area (Å²) in [4.78, 5) is 0. The molecule has 1 aromatic carbocycles. The van der Waals surface area contributed by atoms with Gasteiger partial charge >= 0.3 is 6.18 Å². The molecule has 0 aromatic heterocycles. The lowest BCUT2D eigenvalue weighted by atomic mass is 10.1. The van der Waals surface area contributed by atoms with Gasteiger partial charge in [-0.1, -0.05) is 12.1 Å². The van der Waals surface area contributed by atoms with Crippen LogP contribution in [0.5, 0.6) is 0 Å². The van der Waals surface area contributed by atoms with Gasteiger partial charge in [0.25, 0.3) is 0 Å². The van der Waals surface area contributed by atoms with Crippen molar-refractivity contribution in [1.82, 2.24) is 5.32 Å².